The molecule has 1 aromatic carbocycles. The predicted molar refractivity (Wildman–Crippen MR) is 76.0 cm³/mol. The molecule has 3 aromatic rings. The summed E-state index contributed by atoms with van der Waals surface area (Å²) in [5.74, 6) is 0. The summed E-state index contributed by atoms with van der Waals surface area (Å²) in [6.07, 6.45) is 2.98. The molecule has 2 N–H and O–H groups in total. The van der Waals surface area contributed by atoms with Gasteiger partial charge in [-0.2, -0.15) is 0 Å². The van der Waals surface area contributed by atoms with Crippen LogP contribution in [0.25, 0.3) is 22.4 Å². The quantitative estimate of drug-likeness (QED) is 0.761. The Hall–Kier alpha value is -2.56. The van der Waals surface area contributed by atoms with E-state index in [1.54, 1.807) is 0 Å². The zero-order chi connectivity index (χ0) is 13.4. The lowest BCUT2D eigenvalue weighted by Gasteiger charge is -2.12. The van der Waals surface area contributed by atoms with Crippen LogP contribution in [0, 0.1) is 0 Å². The van der Waals surface area contributed by atoms with Crippen LogP contribution in [-0.2, 0) is 0 Å². The molecule has 0 bridgehead atoms. The van der Waals surface area contributed by atoms with E-state index in [1.807, 2.05) is 43.3 Å². The number of anilines is 2. The molecule has 96 valence electrons. The Bertz CT molecular complexity index is 716. The minimum absolute atomic E-state index is 0.513. The smallest absolute Gasteiger partial charge is 0.231 e. The van der Waals surface area contributed by atoms with E-state index in [1.165, 1.54) is 12.6 Å². The van der Waals surface area contributed by atoms with E-state index >= 15 is 0 Å². The van der Waals surface area contributed by atoms with Crippen molar-refractivity contribution in [3.8, 4) is 11.3 Å². The number of nitrogens with zero attached hydrogens (tertiary/aromatic N) is 3. The number of hydrogen-bond acceptors (Lipinski definition) is 5. The average molecular weight is 254 g/mol. The minimum atomic E-state index is 0.513. The van der Waals surface area contributed by atoms with Crippen molar-refractivity contribution in [3.63, 3.8) is 0 Å². The second kappa shape index (κ2) is 4.28. The van der Waals surface area contributed by atoms with E-state index in [2.05, 4.69) is 9.97 Å². The van der Waals surface area contributed by atoms with E-state index in [9.17, 15) is 0 Å². The molecule has 5 nitrogen and oxygen atoms in total. The molecule has 0 amide bonds. The summed E-state index contributed by atoms with van der Waals surface area (Å²) in [6, 6.07) is 8.12. The van der Waals surface area contributed by atoms with Gasteiger partial charge in [-0.05, 0) is 12.1 Å². The van der Waals surface area contributed by atoms with Crippen LogP contribution in [0.1, 0.15) is 0 Å². The van der Waals surface area contributed by atoms with Crippen molar-refractivity contribution < 1.29 is 4.42 Å². The molecule has 0 unspecified atom stereocenters. The van der Waals surface area contributed by atoms with Crippen LogP contribution in [0.5, 0.6) is 0 Å². The summed E-state index contributed by atoms with van der Waals surface area (Å²) in [5, 5.41) is 0.764. The third kappa shape index (κ3) is 1.89. The second-order valence-electron chi connectivity index (χ2n) is 4.53. The maximum Gasteiger partial charge on any atom is 0.231 e. The fourth-order valence-corrected chi connectivity index (χ4v) is 2.03. The van der Waals surface area contributed by atoms with Crippen molar-refractivity contribution in [2.75, 3.05) is 24.7 Å². The maximum atomic E-state index is 5.91. The van der Waals surface area contributed by atoms with Gasteiger partial charge in [0.2, 0.25) is 5.71 Å². The Labute approximate surface area is 110 Å². The molecular weight excluding hydrogens is 240 g/mol. The Balaban J connectivity index is 2.16. The molecule has 0 saturated carbocycles. The van der Waals surface area contributed by atoms with Crippen LogP contribution in [0.2, 0.25) is 0 Å². The lowest BCUT2D eigenvalue weighted by Crippen LogP contribution is -2.07. The van der Waals surface area contributed by atoms with Gasteiger partial charge in [-0.15, -0.1) is 0 Å². The van der Waals surface area contributed by atoms with Crippen molar-refractivity contribution in [2.45, 2.75) is 0 Å². The first-order valence-electron chi connectivity index (χ1n) is 5.92. The third-order valence-electron chi connectivity index (χ3n) is 3.06. The number of rotatable bonds is 2. The fraction of sp³-hybridized carbons (Fsp3) is 0.143. The molecule has 5 heteroatoms. The number of nitrogens with two attached hydrogens (primary N) is 1. The Morgan fingerprint density at radius 1 is 1.11 bits per heavy atom. The first-order valence-corrected chi connectivity index (χ1v) is 5.92. The highest BCUT2D eigenvalue weighted by Crippen LogP contribution is 2.31. The Kier molecular flexibility index (Phi) is 2.59. The number of benzene rings is 1. The van der Waals surface area contributed by atoms with E-state index in [0.717, 1.165) is 22.3 Å². The van der Waals surface area contributed by atoms with Gasteiger partial charge in [0.05, 0.1) is 16.8 Å². The van der Waals surface area contributed by atoms with Crippen LogP contribution in [0.4, 0.5) is 11.4 Å². The van der Waals surface area contributed by atoms with Gasteiger partial charge < -0.3 is 15.1 Å². The summed E-state index contributed by atoms with van der Waals surface area (Å²) >= 11 is 0. The number of fused-ring (bicyclic) bond motifs is 1. The fourth-order valence-electron chi connectivity index (χ4n) is 2.03. The minimum Gasteiger partial charge on any atom is -0.444 e. The summed E-state index contributed by atoms with van der Waals surface area (Å²) in [6.45, 7) is 0. The highest BCUT2D eigenvalue weighted by molar-refractivity contribution is 5.98. The molecule has 0 aliphatic heterocycles. The topological polar surface area (TPSA) is 68.2 Å². The number of furan rings is 1. The molecule has 0 saturated heterocycles. The van der Waals surface area contributed by atoms with Gasteiger partial charge in [0.15, 0.2) is 0 Å². The molecule has 19 heavy (non-hydrogen) atoms. The normalized spacial score (nSPS) is 10.8. The van der Waals surface area contributed by atoms with E-state index in [-0.39, 0.29) is 0 Å². The van der Waals surface area contributed by atoms with Crippen molar-refractivity contribution in [1.82, 2.24) is 9.97 Å². The van der Waals surface area contributed by atoms with Gasteiger partial charge in [-0.25, -0.2) is 9.97 Å². The van der Waals surface area contributed by atoms with Crippen LogP contribution < -0.4 is 10.6 Å². The van der Waals surface area contributed by atoms with Crippen LogP contribution >= 0.6 is 0 Å². The largest absolute Gasteiger partial charge is 0.444 e. The third-order valence-corrected chi connectivity index (χ3v) is 3.06. The molecule has 2 heterocycles. The molecule has 0 aliphatic rings. The van der Waals surface area contributed by atoms with Crippen molar-refractivity contribution >= 4 is 22.5 Å². The summed E-state index contributed by atoms with van der Waals surface area (Å²) in [4.78, 5) is 10.4. The van der Waals surface area contributed by atoms with Gasteiger partial charge in [0, 0.05) is 25.3 Å². The first-order chi connectivity index (χ1) is 9.16. The summed E-state index contributed by atoms with van der Waals surface area (Å²) in [5.41, 5.74) is 9.90. The van der Waals surface area contributed by atoms with Crippen LogP contribution in [0.3, 0.4) is 0 Å². The lowest BCUT2D eigenvalue weighted by molar-refractivity contribution is 0.603. The van der Waals surface area contributed by atoms with Crippen molar-refractivity contribution in [2.24, 2.45) is 0 Å². The Morgan fingerprint density at radius 3 is 2.53 bits per heavy atom. The molecule has 0 atom stereocenters. The number of aromatic nitrogens is 2. The molecule has 0 spiro atoms. The van der Waals surface area contributed by atoms with E-state index in [4.69, 9.17) is 10.2 Å². The molecule has 3 rings (SSSR count). The zero-order valence-electron chi connectivity index (χ0n) is 10.8. The second-order valence-corrected chi connectivity index (χ2v) is 4.53. The first kappa shape index (κ1) is 11.5. The monoisotopic (exact) mass is 254 g/mol. The van der Waals surface area contributed by atoms with Crippen molar-refractivity contribution in [3.05, 3.63) is 36.9 Å². The van der Waals surface area contributed by atoms with Gasteiger partial charge >= 0.3 is 0 Å². The highest BCUT2D eigenvalue weighted by atomic mass is 16.3. The molecule has 0 radical (unpaired) electrons. The number of nitrogen functional groups attached to an aromatic ring is 1. The highest BCUT2D eigenvalue weighted by Gasteiger charge is 2.12. The van der Waals surface area contributed by atoms with Gasteiger partial charge in [-0.1, -0.05) is 12.1 Å². The lowest BCUT2D eigenvalue weighted by atomic mass is 10.1. The SMILES string of the molecule is CN(C)c1ccc(-c2ncnc3occ(N)c23)cc1. The van der Waals surface area contributed by atoms with Crippen molar-refractivity contribution in [1.29, 1.82) is 0 Å². The standard InChI is InChI=1S/C14H14N4O/c1-18(2)10-5-3-9(4-6-10)13-12-11(15)7-19-14(12)17-8-16-13/h3-8H,15H2,1-2H3. The van der Waals surface area contributed by atoms with Gasteiger partial charge in [0.1, 0.15) is 12.6 Å². The zero-order valence-corrected chi connectivity index (χ0v) is 10.8. The Morgan fingerprint density at radius 2 is 1.84 bits per heavy atom. The van der Waals surface area contributed by atoms with Crippen LogP contribution in [-0.4, -0.2) is 24.1 Å². The summed E-state index contributed by atoms with van der Waals surface area (Å²) in [7, 11) is 4.01. The predicted octanol–water partition coefficient (Wildman–Crippen LogP) is 2.54. The van der Waals surface area contributed by atoms with E-state index < -0.39 is 0 Å². The number of hydrogen-bond donors (Lipinski definition) is 1. The molecule has 0 aliphatic carbocycles. The summed E-state index contributed by atoms with van der Waals surface area (Å²) < 4.78 is 5.29. The van der Waals surface area contributed by atoms with Gasteiger partial charge in [-0.3, -0.25) is 0 Å². The van der Waals surface area contributed by atoms with E-state index in [0.29, 0.717) is 11.4 Å². The molecular formula is C14H14N4O. The average Bonchev–Trinajstić information content (AvgIpc) is 2.81. The van der Waals surface area contributed by atoms with Gasteiger partial charge in [0.25, 0.3) is 0 Å². The maximum absolute atomic E-state index is 5.91. The molecule has 0 fully saturated rings. The van der Waals surface area contributed by atoms with Crippen LogP contribution in [0.15, 0.2) is 41.3 Å². The molecule has 2 aromatic heterocycles.